The second-order valence-corrected chi connectivity index (χ2v) is 8.57. The van der Waals surface area contributed by atoms with E-state index in [1.807, 2.05) is 29.2 Å². The number of carbonyl (C=O) groups is 2. The quantitative estimate of drug-likeness (QED) is 0.723. The molecule has 0 bridgehead atoms. The van der Waals surface area contributed by atoms with Gasteiger partial charge in [-0.2, -0.15) is 0 Å². The first kappa shape index (κ1) is 20.7. The summed E-state index contributed by atoms with van der Waals surface area (Å²) in [5, 5.41) is 0.632. The van der Waals surface area contributed by atoms with Crippen molar-refractivity contribution in [2.45, 2.75) is 31.6 Å². The van der Waals surface area contributed by atoms with Crippen molar-refractivity contribution in [1.82, 2.24) is 4.90 Å². The second-order valence-electron chi connectivity index (χ2n) is 8.13. The molecule has 2 unspecified atom stereocenters. The van der Waals surface area contributed by atoms with E-state index in [0.717, 1.165) is 37.2 Å². The molecule has 2 aromatic rings. The molecule has 2 amide bonds. The van der Waals surface area contributed by atoms with E-state index in [-0.39, 0.29) is 24.2 Å². The summed E-state index contributed by atoms with van der Waals surface area (Å²) in [7, 11) is 1.66. The van der Waals surface area contributed by atoms with E-state index in [2.05, 4.69) is 12.1 Å². The Labute approximate surface area is 182 Å². The van der Waals surface area contributed by atoms with Gasteiger partial charge in [0.25, 0.3) is 0 Å². The molecule has 0 saturated carbocycles. The highest BCUT2D eigenvalue weighted by Crippen LogP contribution is 2.31. The first-order valence-corrected chi connectivity index (χ1v) is 10.9. The molecule has 5 nitrogen and oxygen atoms in total. The minimum Gasteiger partial charge on any atom is -0.497 e. The average Bonchev–Trinajstić information content (AvgIpc) is 2.99. The van der Waals surface area contributed by atoms with Crippen molar-refractivity contribution >= 4 is 29.1 Å². The van der Waals surface area contributed by atoms with Crippen LogP contribution in [0.4, 0.5) is 5.69 Å². The third kappa shape index (κ3) is 4.46. The zero-order valence-electron chi connectivity index (χ0n) is 17.2. The summed E-state index contributed by atoms with van der Waals surface area (Å²) in [5.74, 6) is 0.958. The Balaban J connectivity index is 1.45. The van der Waals surface area contributed by atoms with Gasteiger partial charge in [0.15, 0.2) is 0 Å². The molecule has 158 valence electrons. The summed E-state index contributed by atoms with van der Waals surface area (Å²) < 4.78 is 5.26. The van der Waals surface area contributed by atoms with Gasteiger partial charge in [-0.05, 0) is 54.8 Å². The maximum atomic E-state index is 13.3. The number of rotatable bonds is 4. The van der Waals surface area contributed by atoms with Crippen molar-refractivity contribution in [1.29, 1.82) is 0 Å². The lowest BCUT2D eigenvalue weighted by molar-refractivity contribution is -0.135. The summed E-state index contributed by atoms with van der Waals surface area (Å²) in [5.41, 5.74) is 2.03. The number of halogens is 1. The highest BCUT2D eigenvalue weighted by Gasteiger charge is 2.38. The fraction of sp³-hybridized carbons (Fsp3) is 0.417. The van der Waals surface area contributed by atoms with E-state index in [4.69, 9.17) is 16.3 Å². The van der Waals surface area contributed by atoms with Gasteiger partial charge in [0.05, 0.1) is 13.0 Å². The number of nitrogens with zero attached hydrogens (tertiary/aromatic N) is 2. The van der Waals surface area contributed by atoms with Crippen LogP contribution in [0.5, 0.6) is 5.75 Å². The van der Waals surface area contributed by atoms with Crippen molar-refractivity contribution in [2.24, 2.45) is 5.92 Å². The van der Waals surface area contributed by atoms with Gasteiger partial charge in [-0.15, -0.1) is 0 Å². The molecule has 4 rings (SSSR count). The molecule has 0 radical (unpaired) electrons. The van der Waals surface area contributed by atoms with Gasteiger partial charge in [-0.3, -0.25) is 9.59 Å². The lowest BCUT2D eigenvalue weighted by atomic mass is 9.94. The minimum atomic E-state index is -0.289. The van der Waals surface area contributed by atoms with E-state index >= 15 is 0 Å². The van der Waals surface area contributed by atoms with Crippen LogP contribution in [0.3, 0.4) is 0 Å². The monoisotopic (exact) mass is 426 g/mol. The van der Waals surface area contributed by atoms with Crippen LogP contribution in [0.15, 0.2) is 48.5 Å². The van der Waals surface area contributed by atoms with Gasteiger partial charge in [-0.25, -0.2) is 0 Å². The minimum absolute atomic E-state index is 0.00259. The van der Waals surface area contributed by atoms with Gasteiger partial charge in [0.1, 0.15) is 5.75 Å². The fourth-order valence-corrected chi connectivity index (χ4v) is 4.62. The van der Waals surface area contributed by atoms with Crippen LogP contribution in [0.25, 0.3) is 0 Å². The molecule has 6 heteroatoms. The normalized spacial score (nSPS) is 22.1. The summed E-state index contributed by atoms with van der Waals surface area (Å²) in [6.45, 7) is 1.90. The van der Waals surface area contributed by atoms with E-state index in [0.29, 0.717) is 24.0 Å². The SMILES string of the molecule is COc1ccc(C2CCCCN(C(=O)C3CC(=O)N(c4ccc(Cl)cc4)C3)C2)cc1. The Morgan fingerprint density at radius 1 is 1.03 bits per heavy atom. The molecule has 0 aliphatic carbocycles. The van der Waals surface area contributed by atoms with Gasteiger partial charge in [0.2, 0.25) is 11.8 Å². The number of ether oxygens (including phenoxy) is 1. The number of carbonyl (C=O) groups excluding carboxylic acids is 2. The average molecular weight is 427 g/mol. The summed E-state index contributed by atoms with van der Waals surface area (Å²) >= 11 is 5.96. The number of likely N-dealkylation sites (tertiary alicyclic amines) is 1. The molecule has 0 aromatic heterocycles. The third-order valence-corrected chi connectivity index (χ3v) is 6.43. The predicted octanol–water partition coefficient (Wildman–Crippen LogP) is 4.50. The second kappa shape index (κ2) is 9.09. The number of hydrogen-bond acceptors (Lipinski definition) is 3. The molecule has 2 atom stereocenters. The van der Waals surface area contributed by atoms with E-state index in [1.54, 1.807) is 24.1 Å². The van der Waals surface area contributed by atoms with Crippen LogP contribution >= 0.6 is 11.6 Å². The molecule has 0 spiro atoms. The smallest absolute Gasteiger partial charge is 0.228 e. The highest BCUT2D eigenvalue weighted by molar-refractivity contribution is 6.30. The molecular weight excluding hydrogens is 400 g/mol. The van der Waals surface area contributed by atoms with Crippen molar-refractivity contribution in [3.8, 4) is 5.75 Å². The number of anilines is 1. The van der Waals surface area contributed by atoms with Crippen LogP contribution in [-0.2, 0) is 9.59 Å². The first-order chi connectivity index (χ1) is 14.5. The third-order valence-electron chi connectivity index (χ3n) is 6.18. The van der Waals surface area contributed by atoms with Gasteiger partial charge < -0.3 is 14.5 Å². The van der Waals surface area contributed by atoms with Crippen LogP contribution in [0, 0.1) is 5.92 Å². The lowest BCUT2D eigenvalue weighted by Gasteiger charge is -2.27. The summed E-state index contributed by atoms with van der Waals surface area (Å²) in [6, 6.07) is 15.4. The Hall–Kier alpha value is -2.53. The number of amides is 2. The molecule has 2 aliphatic heterocycles. The Bertz CT molecular complexity index is 898. The summed E-state index contributed by atoms with van der Waals surface area (Å²) in [6.07, 6.45) is 3.43. The number of methoxy groups -OCH3 is 1. The van der Waals surface area contributed by atoms with Gasteiger partial charge in [0, 0.05) is 42.7 Å². The Kier molecular flexibility index (Phi) is 6.28. The number of hydrogen-bond donors (Lipinski definition) is 0. The zero-order valence-corrected chi connectivity index (χ0v) is 18.0. The van der Waals surface area contributed by atoms with Crippen LogP contribution in [-0.4, -0.2) is 43.5 Å². The standard InChI is InChI=1S/C24H27ClN2O3/c1-30-22-11-5-17(6-12-22)18-4-2-3-13-26(15-18)24(29)19-14-23(28)27(16-19)21-9-7-20(25)8-10-21/h5-12,18-19H,2-4,13-16H2,1H3. The van der Waals surface area contributed by atoms with E-state index in [1.165, 1.54) is 5.56 Å². The molecule has 2 aromatic carbocycles. The van der Waals surface area contributed by atoms with E-state index < -0.39 is 0 Å². The lowest BCUT2D eigenvalue weighted by Crippen LogP contribution is -2.39. The molecule has 2 fully saturated rings. The van der Waals surface area contributed by atoms with Crippen molar-refractivity contribution < 1.29 is 14.3 Å². The predicted molar refractivity (Wildman–Crippen MR) is 118 cm³/mol. The Morgan fingerprint density at radius 2 is 1.77 bits per heavy atom. The van der Waals surface area contributed by atoms with Gasteiger partial charge >= 0.3 is 0 Å². The first-order valence-electron chi connectivity index (χ1n) is 10.5. The molecule has 2 aliphatic rings. The van der Waals surface area contributed by atoms with Crippen LogP contribution in [0.2, 0.25) is 5.02 Å². The van der Waals surface area contributed by atoms with Crippen molar-refractivity contribution in [3.05, 3.63) is 59.1 Å². The van der Waals surface area contributed by atoms with Crippen LogP contribution < -0.4 is 9.64 Å². The highest BCUT2D eigenvalue weighted by atomic mass is 35.5. The summed E-state index contributed by atoms with van der Waals surface area (Å²) in [4.78, 5) is 29.6. The number of benzene rings is 2. The zero-order chi connectivity index (χ0) is 21.1. The molecular formula is C24H27ClN2O3. The Morgan fingerprint density at radius 3 is 2.47 bits per heavy atom. The topological polar surface area (TPSA) is 49.9 Å². The molecule has 0 N–H and O–H groups in total. The molecule has 2 saturated heterocycles. The maximum absolute atomic E-state index is 13.3. The van der Waals surface area contributed by atoms with Crippen LogP contribution in [0.1, 0.15) is 37.2 Å². The fourth-order valence-electron chi connectivity index (χ4n) is 4.49. The van der Waals surface area contributed by atoms with Gasteiger partial charge in [-0.1, -0.05) is 30.2 Å². The van der Waals surface area contributed by atoms with Crippen molar-refractivity contribution in [3.63, 3.8) is 0 Å². The molecule has 2 heterocycles. The maximum Gasteiger partial charge on any atom is 0.228 e. The largest absolute Gasteiger partial charge is 0.497 e. The van der Waals surface area contributed by atoms with Crippen molar-refractivity contribution in [2.75, 3.05) is 31.6 Å². The van der Waals surface area contributed by atoms with E-state index in [9.17, 15) is 9.59 Å². The molecule has 30 heavy (non-hydrogen) atoms.